The summed E-state index contributed by atoms with van der Waals surface area (Å²) in [7, 11) is 0. The van der Waals surface area contributed by atoms with Crippen LogP contribution in [0.2, 0.25) is 0 Å². The molecule has 4 rings (SSSR count). The number of pyridine rings is 1. The second kappa shape index (κ2) is 9.35. The SMILES string of the molecule is Cc1ccccc1-n1c(SC(C)C(=O)Nc2ccnn2C(C)C)nnc1-c1cccnc1. The van der Waals surface area contributed by atoms with Crippen molar-refractivity contribution in [1.82, 2.24) is 29.5 Å². The molecule has 1 amide bonds. The van der Waals surface area contributed by atoms with Crippen LogP contribution in [0.25, 0.3) is 17.1 Å². The molecule has 3 heterocycles. The molecule has 0 aliphatic heterocycles. The summed E-state index contributed by atoms with van der Waals surface area (Å²) in [5.41, 5.74) is 2.90. The zero-order valence-electron chi connectivity index (χ0n) is 18.4. The summed E-state index contributed by atoms with van der Waals surface area (Å²) in [6, 6.07) is 13.8. The lowest BCUT2D eigenvalue weighted by Crippen LogP contribution is -2.25. The summed E-state index contributed by atoms with van der Waals surface area (Å²) < 4.78 is 3.77. The molecule has 0 saturated heterocycles. The van der Waals surface area contributed by atoms with Crippen LogP contribution in [0.5, 0.6) is 0 Å². The summed E-state index contributed by atoms with van der Waals surface area (Å²) >= 11 is 1.36. The molecule has 0 spiro atoms. The molecule has 3 aromatic heterocycles. The van der Waals surface area contributed by atoms with Crippen molar-refractivity contribution in [2.75, 3.05) is 5.32 Å². The normalized spacial score (nSPS) is 12.2. The van der Waals surface area contributed by atoms with E-state index in [9.17, 15) is 4.79 Å². The standard InChI is InChI=1S/C23H25N7OS/c1-15(2)30-20(11-13-25-30)26-22(31)17(4)32-23-28-27-21(18-9-7-12-24-14-18)29(23)19-10-6-5-8-16(19)3/h5-15,17H,1-4H3,(H,26,31). The highest BCUT2D eigenvalue weighted by atomic mass is 32.2. The Balaban J connectivity index is 1.65. The van der Waals surface area contributed by atoms with E-state index < -0.39 is 5.25 Å². The maximum atomic E-state index is 12.9. The fraction of sp³-hybridized carbons (Fsp3) is 0.261. The maximum Gasteiger partial charge on any atom is 0.238 e. The van der Waals surface area contributed by atoms with E-state index in [1.165, 1.54) is 11.8 Å². The van der Waals surface area contributed by atoms with E-state index in [1.807, 2.05) is 68.7 Å². The minimum atomic E-state index is -0.403. The monoisotopic (exact) mass is 447 g/mol. The van der Waals surface area contributed by atoms with Crippen molar-refractivity contribution >= 4 is 23.5 Å². The first kappa shape index (κ1) is 21.8. The number of rotatable bonds is 7. The van der Waals surface area contributed by atoms with Crippen molar-refractivity contribution < 1.29 is 4.79 Å². The third-order valence-corrected chi connectivity index (χ3v) is 6.01. The number of benzene rings is 1. The molecule has 4 aromatic rings. The minimum Gasteiger partial charge on any atom is -0.310 e. The van der Waals surface area contributed by atoms with Gasteiger partial charge in [-0.1, -0.05) is 30.0 Å². The number of thioether (sulfide) groups is 1. The average Bonchev–Trinajstić information content (AvgIpc) is 3.42. The first-order valence-corrected chi connectivity index (χ1v) is 11.3. The molecule has 1 aromatic carbocycles. The van der Waals surface area contributed by atoms with E-state index in [-0.39, 0.29) is 11.9 Å². The molecule has 0 aliphatic carbocycles. The van der Waals surface area contributed by atoms with Crippen LogP contribution in [0.1, 0.15) is 32.4 Å². The Bertz CT molecular complexity index is 1220. The van der Waals surface area contributed by atoms with Gasteiger partial charge in [0.25, 0.3) is 0 Å². The summed E-state index contributed by atoms with van der Waals surface area (Å²) in [5, 5.41) is 16.3. The Morgan fingerprint density at radius 2 is 1.84 bits per heavy atom. The van der Waals surface area contributed by atoms with Crippen LogP contribution >= 0.6 is 11.8 Å². The smallest absolute Gasteiger partial charge is 0.238 e. The van der Waals surface area contributed by atoms with Crippen LogP contribution < -0.4 is 5.32 Å². The number of nitrogens with one attached hydrogen (secondary N) is 1. The van der Waals surface area contributed by atoms with E-state index in [1.54, 1.807) is 29.3 Å². The maximum absolute atomic E-state index is 12.9. The number of anilines is 1. The molecule has 32 heavy (non-hydrogen) atoms. The number of hydrogen-bond donors (Lipinski definition) is 1. The molecule has 1 unspecified atom stereocenters. The van der Waals surface area contributed by atoms with Gasteiger partial charge in [0.2, 0.25) is 5.91 Å². The fourth-order valence-electron chi connectivity index (χ4n) is 3.32. The summed E-state index contributed by atoms with van der Waals surface area (Å²) in [4.78, 5) is 17.2. The zero-order valence-corrected chi connectivity index (χ0v) is 19.2. The average molecular weight is 448 g/mol. The molecule has 0 saturated carbocycles. The number of carbonyl (C=O) groups excluding carboxylic acids is 1. The number of hydrogen-bond acceptors (Lipinski definition) is 6. The Labute approximate surface area is 191 Å². The topological polar surface area (TPSA) is 90.5 Å². The van der Waals surface area contributed by atoms with Gasteiger partial charge in [-0.2, -0.15) is 5.10 Å². The van der Waals surface area contributed by atoms with Gasteiger partial charge in [-0.25, -0.2) is 4.68 Å². The largest absolute Gasteiger partial charge is 0.310 e. The van der Waals surface area contributed by atoms with Gasteiger partial charge in [0.15, 0.2) is 11.0 Å². The van der Waals surface area contributed by atoms with Crippen molar-refractivity contribution in [3.63, 3.8) is 0 Å². The highest BCUT2D eigenvalue weighted by molar-refractivity contribution is 8.00. The summed E-state index contributed by atoms with van der Waals surface area (Å²) in [5.74, 6) is 1.23. The van der Waals surface area contributed by atoms with E-state index in [0.29, 0.717) is 16.8 Å². The molecule has 0 aliphatic rings. The molecular formula is C23H25N7OS. The van der Waals surface area contributed by atoms with Crippen LogP contribution in [-0.4, -0.2) is 40.7 Å². The van der Waals surface area contributed by atoms with Crippen LogP contribution in [-0.2, 0) is 4.79 Å². The number of amides is 1. The molecule has 0 bridgehead atoms. The van der Waals surface area contributed by atoms with Gasteiger partial charge in [-0.15, -0.1) is 10.2 Å². The van der Waals surface area contributed by atoms with Gasteiger partial charge in [0, 0.05) is 30.1 Å². The first-order chi connectivity index (χ1) is 15.5. The second-order valence-electron chi connectivity index (χ2n) is 7.67. The second-order valence-corrected chi connectivity index (χ2v) is 8.98. The van der Waals surface area contributed by atoms with Gasteiger partial charge in [-0.05, 0) is 51.5 Å². The highest BCUT2D eigenvalue weighted by Crippen LogP contribution is 2.31. The van der Waals surface area contributed by atoms with Crippen LogP contribution in [0.3, 0.4) is 0 Å². The molecule has 1 N–H and O–H groups in total. The highest BCUT2D eigenvalue weighted by Gasteiger charge is 2.23. The number of para-hydroxylation sites is 1. The third-order valence-electron chi connectivity index (χ3n) is 4.97. The van der Waals surface area contributed by atoms with E-state index in [0.717, 1.165) is 16.8 Å². The van der Waals surface area contributed by atoms with Gasteiger partial charge in [0.05, 0.1) is 17.1 Å². The minimum absolute atomic E-state index is 0.125. The Morgan fingerprint density at radius 1 is 1.03 bits per heavy atom. The van der Waals surface area contributed by atoms with Crippen molar-refractivity contribution in [3.05, 3.63) is 66.6 Å². The Kier molecular flexibility index (Phi) is 6.36. The predicted octanol–water partition coefficient (Wildman–Crippen LogP) is 4.53. The number of nitrogens with zero attached hydrogens (tertiary/aromatic N) is 6. The summed E-state index contributed by atoms with van der Waals surface area (Å²) in [6.07, 6.45) is 5.17. The molecule has 9 heteroatoms. The van der Waals surface area contributed by atoms with E-state index in [4.69, 9.17) is 0 Å². The molecule has 0 fully saturated rings. The Hall–Kier alpha value is -3.46. The first-order valence-electron chi connectivity index (χ1n) is 10.4. The van der Waals surface area contributed by atoms with Crippen molar-refractivity contribution in [3.8, 4) is 17.1 Å². The van der Waals surface area contributed by atoms with Gasteiger partial charge >= 0.3 is 0 Å². The summed E-state index contributed by atoms with van der Waals surface area (Å²) in [6.45, 7) is 7.94. The van der Waals surface area contributed by atoms with Gasteiger partial charge in [-0.3, -0.25) is 14.3 Å². The third kappa shape index (κ3) is 4.43. The van der Waals surface area contributed by atoms with Crippen LogP contribution in [0.4, 0.5) is 5.82 Å². The van der Waals surface area contributed by atoms with Crippen LogP contribution in [0, 0.1) is 6.92 Å². The quantitative estimate of drug-likeness (QED) is 0.419. The number of aryl methyl sites for hydroxylation is 1. The van der Waals surface area contributed by atoms with E-state index in [2.05, 4.69) is 25.6 Å². The zero-order chi connectivity index (χ0) is 22.7. The molecule has 1 atom stereocenters. The predicted molar refractivity (Wildman–Crippen MR) is 126 cm³/mol. The van der Waals surface area contributed by atoms with Crippen molar-refractivity contribution in [2.24, 2.45) is 0 Å². The molecular weight excluding hydrogens is 422 g/mol. The lowest BCUT2D eigenvalue weighted by atomic mass is 10.2. The van der Waals surface area contributed by atoms with Crippen molar-refractivity contribution in [2.45, 2.75) is 44.1 Å². The van der Waals surface area contributed by atoms with Crippen molar-refractivity contribution in [1.29, 1.82) is 0 Å². The number of carbonyl (C=O) groups is 1. The fourth-order valence-corrected chi connectivity index (χ4v) is 4.18. The van der Waals surface area contributed by atoms with E-state index >= 15 is 0 Å². The molecule has 8 nitrogen and oxygen atoms in total. The molecule has 164 valence electrons. The van der Waals surface area contributed by atoms with Gasteiger partial charge < -0.3 is 5.32 Å². The Morgan fingerprint density at radius 3 is 2.56 bits per heavy atom. The van der Waals surface area contributed by atoms with Crippen LogP contribution in [0.15, 0.2) is 66.2 Å². The number of aromatic nitrogens is 6. The lowest BCUT2D eigenvalue weighted by molar-refractivity contribution is -0.115. The lowest BCUT2D eigenvalue weighted by Gasteiger charge is -2.16. The van der Waals surface area contributed by atoms with Gasteiger partial charge in [0.1, 0.15) is 5.82 Å². The molecule has 0 radical (unpaired) electrons.